The van der Waals surface area contributed by atoms with Crippen molar-refractivity contribution < 1.29 is 19.1 Å². The molecule has 2 aromatic carbocycles. The number of nitrogens with one attached hydrogen (secondary N) is 1. The average Bonchev–Trinajstić information content (AvgIpc) is 2.65. The smallest absolute Gasteiger partial charge is 0.344 e. The van der Waals surface area contributed by atoms with Gasteiger partial charge in [0.25, 0.3) is 5.91 Å². The van der Waals surface area contributed by atoms with Crippen LogP contribution in [0.2, 0.25) is 0 Å². The monoisotopic (exact) mass is 359 g/mol. The fourth-order valence-corrected chi connectivity index (χ4v) is 2.54. The highest BCUT2D eigenvalue weighted by Gasteiger charge is 2.10. The van der Waals surface area contributed by atoms with E-state index in [0.29, 0.717) is 11.4 Å². The van der Waals surface area contributed by atoms with E-state index in [0.717, 1.165) is 16.9 Å². The van der Waals surface area contributed by atoms with Crippen molar-refractivity contribution in [2.75, 3.05) is 24.8 Å². The number of thioether (sulfide) groups is 1. The normalized spacial score (nSPS) is 10.2. The number of carbonyl (C=O) groups excluding carboxylic acids is 2. The molecule has 2 aromatic rings. The first kappa shape index (κ1) is 18.9. The summed E-state index contributed by atoms with van der Waals surface area (Å²) in [6.07, 6.45) is 2.79. The third-order valence-corrected chi connectivity index (χ3v) is 4.18. The molecule has 0 fully saturated rings. The Morgan fingerprint density at radius 3 is 2.44 bits per heavy atom. The molecule has 0 spiro atoms. The highest BCUT2D eigenvalue weighted by Crippen LogP contribution is 2.18. The van der Waals surface area contributed by atoms with Crippen LogP contribution in [0.5, 0.6) is 5.75 Å². The molecule has 5 nitrogen and oxygen atoms in total. The number of hydrogen-bond acceptors (Lipinski definition) is 5. The van der Waals surface area contributed by atoms with Crippen molar-refractivity contribution in [3.05, 3.63) is 54.1 Å². The van der Waals surface area contributed by atoms with Gasteiger partial charge in [0.05, 0.1) is 0 Å². The van der Waals surface area contributed by atoms with Crippen LogP contribution in [0, 0.1) is 0 Å². The molecule has 0 atom stereocenters. The summed E-state index contributed by atoms with van der Waals surface area (Å²) in [4.78, 5) is 24.6. The number of amides is 1. The highest BCUT2D eigenvalue weighted by atomic mass is 32.2. The number of hydrogen-bond donors (Lipinski definition) is 1. The second kappa shape index (κ2) is 9.74. The first-order chi connectivity index (χ1) is 12.1. The Labute approximate surface area is 151 Å². The number of benzene rings is 2. The van der Waals surface area contributed by atoms with Gasteiger partial charge in [0.2, 0.25) is 0 Å². The Kier molecular flexibility index (Phi) is 7.35. The molecule has 0 aliphatic heterocycles. The Morgan fingerprint density at radius 1 is 1.04 bits per heavy atom. The number of aryl methyl sites for hydroxylation is 1. The number of para-hydroxylation sites is 1. The van der Waals surface area contributed by atoms with Gasteiger partial charge >= 0.3 is 5.97 Å². The molecular weight excluding hydrogens is 338 g/mol. The van der Waals surface area contributed by atoms with Crippen LogP contribution in [-0.2, 0) is 20.7 Å². The zero-order chi connectivity index (χ0) is 18.1. The molecule has 0 heterocycles. The van der Waals surface area contributed by atoms with E-state index >= 15 is 0 Å². The van der Waals surface area contributed by atoms with Crippen LogP contribution in [0.15, 0.2) is 53.4 Å². The minimum absolute atomic E-state index is 0.229. The Bertz CT molecular complexity index is 716. The maximum Gasteiger partial charge on any atom is 0.344 e. The highest BCUT2D eigenvalue weighted by molar-refractivity contribution is 7.98. The topological polar surface area (TPSA) is 64.6 Å². The SMILES string of the molecule is CCc1ccccc1OCC(=O)OCC(=O)Nc1ccc(SC)cc1. The van der Waals surface area contributed by atoms with Gasteiger partial charge in [-0.15, -0.1) is 11.8 Å². The summed E-state index contributed by atoms with van der Waals surface area (Å²) in [5.41, 5.74) is 1.67. The molecule has 25 heavy (non-hydrogen) atoms. The van der Waals surface area contributed by atoms with Gasteiger partial charge in [0.15, 0.2) is 13.2 Å². The van der Waals surface area contributed by atoms with E-state index in [4.69, 9.17) is 9.47 Å². The van der Waals surface area contributed by atoms with Crippen LogP contribution in [0.25, 0.3) is 0 Å². The summed E-state index contributed by atoms with van der Waals surface area (Å²) >= 11 is 1.62. The summed E-state index contributed by atoms with van der Waals surface area (Å²) in [5, 5.41) is 2.67. The third-order valence-electron chi connectivity index (χ3n) is 3.44. The van der Waals surface area contributed by atoms with Gasteiger partial charge < -0.3 is 14.8 Å². The zero-order valence-electron chi connectivity index (χ0n) is 14.3. The molecule has 6 heteroatoms. The maximum absolute atomic E-state index is 11.8. The quantitative estimate of drug-likeness (QED) is 0.577. The lowest BCUT2D eigenvalue weighted by Gasteiger charge is -2.10. The van der Waals surface area contributed by atoms with E-state index in [-0.39, 0.29) is 19.1 Å². The molecule has 0 aliphatic rings. The van der Waals surface area contributed by atoms with Gasteiger partial charge in [-0.2, -0.15) is 0 Å². The number of ether oxygens (including phenoxy) is 2. The Balaban J connectivity index is 1.74. The average molecular weight is 359 g/mol. The molecule has 1 amide bonds. The van der Waals surface area contributed by atoms with Crippen LogP contribution >= 0.6 is 11.8 Å². The van der Waals surface area contributed by atoms with E-state index in [1.54, 1.807) is 30.0 Å². The van der Waals surface area contributed by atoms with E-state index in [1.807, 2.05) is 43.5 Å². The van der Waals surface area contributed by atoms with E-state index < -0.39 is 5.97 Å². The predicted octanol–water partition coefficient (Wildman–Crippen LogP) is 3.53. The predicted molar refractivity (Wildman–Crippen MR) is 99.1 cm³/mol. The van der Waals surface area contributed by atoms with Gasteiger partial charge in [-0.3, -0.25) is 4.79 Å². The summed E-state index contributed by atoms with van der Waals surface area (Å²) in [7, 11) is 0. The molecule has 1 N–H and O–H groups in total. The molecule has 132 valence electrons. The lowest BCUT2D eigenvalue weighted by Crippen LogP contribution is -2.23. The molecule has 0 aromatic heterocycles. The van der Waals surface area contributed by atoms with E-state index in [1.165, 1.54) is 0 Å². The maximum atomic E-state index is 11.8. The van der Waals surface area contributed by atoms with Crippen molar-refractivity contribution in [2.24, 2.45) is 0 Å². The summed E-state index contributed by atoms with van der Waals surface area (Å²) in [6, 6.07) is 14.9. The summed E-state index contributed by atoms with van der Waals surface area (Å²) in [6.45, 7) is 1.44. The molecule has 2 rings (SSSR count). The van der Waals surface area contributed by atoms with Crippen LogP contribution in [-0.4, -0.2) is 31.3 Å². The van der Waals surface area contributed by atoms with Crippen molar-refractivity contribution in [1.82, 2.24) is 0 Å². The van der Waals surface area contributed by atoms with E-state index in [2.05, 4.69) is 5.32 Å². The van der Waals surface area contributed by atoms with Crippen LogP contribution in [0.4, 0.5) is 5.69 Å². The lowest BCUT2D eigenvalue weighted by atomic mass is 10.1. The van der Waals surface area contributed by atoms with Gasteiger partial charge in [0, 0.05) is 10.6 Å². The summed E-state index contributed by atoms with van der Waals surface area (Å²) < 4.78 is 10.4. The van der Waals surface area contributed by atoms with Crippen molar-refractivity contribution in [3.8, 4) is 5.75 Å². The second-order valence-electron chi connectivity index (χ2n) is 5.19. The molecule has 0 saturated carbocycles. The first-order valence-electron chi connectivity index (χ1n) is 7.92. The minimum Gasteiger partial charge on any atom is -0.482 e. The third kappa shape index (κ3) is 6.15. The van der Waals surface area contributed by atoms with Crippen LogP contribution in [0.3, 0.4) is 0 Å². The molecule has 0 aliphatic carbocycles. The van der Waals surface area contributed by atoms with E-state index in [9.17, 15) is 9.59 Å². The number of anilines is 1. The van der Waals surface area contributed by atoms with Crippen molar-refractivity contribution in [1.29, 1.82) is 0 Å². The zero-order valence-corrected chi connectivity index (χ0v) is 15.1. The fourth-order valence-electron chi connectivity index (χ4n) is 2.13. The number of rotatable bonds is 8. The number of carbonyl (C=O) groups is 2. The second-order valence-corrected chi connectivity index (χ2v) is 6.07. The largest absolute Gasteiger partial charge is 0.482 e. The molecule has 0 unspecified atom stereocenters. The minimum atomic E-state index is -0.584. The molecule has 0 radical (unpaired) electrons. The lowest BCUT2D eigenvalue weighted by molar-refractivity contribution is -0.149. The van der Waals surface area contributed by atoms with Crippen LogP contribution in [0.1, 0.15) is 12.5 Å². The van der Waals surface area contributed by atoms with Crippen LogP contribution < -0.4 is 10.1 Å². The van der Waals surface area contributed by atoms with Gasteiger partial charge in [-0.25, -0.2) is 4.79 Å². The fraction of sp³-hybridized carbons (Fsp3) is 0.263. The summed E-state index contributed by atoms with van der Waals surface area (Å²) in [5.74, 6) is -0.321. The first-order valence-corrected chi connectivity index (χ1v) is 9.15. The standard InChI is InChI=1S/C19H21NO4S/c1-3-14-6-4-5-7-17(14)23-13-19(22)24-12-18(21)20-15-8-10-16(25-2)11-9-15/h4-11H,3,12-13H2,1-2H3,(H,20,21). The number of esters is 1. The molecule has 0 bridgehead atoms. The molecular formula is C19H21NO4S. The van der Waals surface area contributed by atoms with Gasteiger partial charge in [-0.1, -0.05) is 25.1 Å². The van der Waals surface area contributed by atoms with Crippen molar-refractivity contribution >= 4 is 29.3 Å². The van der Waals surface area contributed by atoms with Gasteiger partial charge in [-0.05, 0) is 48.6 Å². The van der Waals surface area contributed by atoms with Crippen molar-refractivity contribution in [2.45, 2.75) is 18.2 Å². The van der Waals surface area contributed by atoms with Gasteiger partial charge in [0.1, 0.15) is 5.75 Å². The Hall–Kier alpha value is -2.47. The Morgan fingerprint density at radius 2 is 1.76 bits per heavy atom. The van der Waals surface area contributed by atoms with Crippen molar-refractivity contribution in [3.63, 3.8) is 0 Å². The molecule has 0 saturated heterocycles.